The molecule has 1 fully saturated rings. The molecule has 2 unspecified atom stereocenters. The Bertz CT molecular complexity index is 652. The zero-order valence-electron chi connectivity index (χ0n) is 11.4. The Hall–Kier alpha value is -1.83. The summed E-state index contributed by atoms with van der Waals surface area (Å²) in [6.07, 6.45) is -1.29. The highest BCUT2D eigenvalue weighted by Crippen LogP contribution is 2.32. The molecule has 114 valence electrons. The number of hydrogen-bond acceptors (Lipinski definition) is 4. The van der Waals surface area contributed by atoms with E-state index in [-0.39, 0.29) is 5.92 Å². The molecule has 3 rings (SSSR count). The molecule has 2 aromatic rings. The molecule has 8 heteroatoms. The topological polar surface area (TPSA) is 53.7 Å². The van der Waals surface area contributed by atoms with Gasteiger partial charge >= 0.3 is 6.18 Å². The standard InChI is InChI=1S/C13H15F3N4O/c1-8(21)9-2-4-19(7-9)12-10-6-11(13(14,15)16)18-20(10)5-3-17-12/h3,5-6,8-9,21H,2,4,7H2,1H3. The van der Waals surface area contributed by atoms with Crippen LogP contribution < -0.4 is 4.90 Å². The molecule has 2 aromatic heterocycles. The molecule has 5 nitrogen and oxygen atoms in total. The summed E-state index contributed by atoms with van der Waals surface area (Å²) in [4.78, 5) is 6.09. The molecule has 1 aliphatic heterocycles. The van der Waals surface area contributed by atoms with E-state index < -0.39 is 18.0 Å². The normalized spacial score (nSPS) is 21.2. The summed E-state index contributed by atoms with van der Waals surface area (Å²) in [5.74, 6) is 0.584. The van der Waals surface area contributed by atoms with Crippen LogP contribution >= 0.6 is 0 Å². The Morgan fingerprint density at radius 1 is 1.43 bits per heavy atom. The van der Waals surface area contributed by atoms with Crippen LogP contribution in [0, 0.1) is 5.92 Å². The molecule has 1 saturated heterocycles. The van der Waals surface area contributed by atoms with Crippen molar-refractivity contribution < 1.29 is 18.3 Å². The zero-order valence-corrected chi connectivity index (χ0v) is 11.4. The summed E-state index contributed by atoms with van der Waals surface area (Å²) in [6.45, 7) is 2.97. The Labute approximate surface area is 119 Å². The predicted octanol–water partition coefficient (Wildman–Crippen LogP) is 1.96. The lowest BCUT2D eigenvalue weighted by Gasteiger charge is -2.19. The highest BCUT2D eigenvalue weighted by Gasteiger charge is 2.35. The highest BCUT2D eigenvalue weighted by atomic mass is 19.4. The third-order valence-electron chi connectivity index (χ3n) is 3.87. The third-order valence-corrected chi connectivity index (χ3v) is 3.87. The second-order valence-corrected chi connectivity index (χ2v) is 5.34. The molecule has 0 bridgehead atoms. The maximum absolute atomic E-state index is 12.8. The first kappa shape index (κ1) is 14.1. The van der Waals surface area contributed by atoms with Crippen LogP contribution in [0.2, 0.25) is 0 Å². The van der Waals surface area contributed by atoms with Crippen molar-refractivity contribution in [1.29, 1.82) is 0 Å². The average molecular weight is 300 g/mol. The molecular weight excluding hydrogens is 285 g/mol. The van der Waals surface area contributed by atoms with Crippen LogP contribution in [0.25, 0.3) is 5.52 Å². The summed E-state index contributed by atoms with van der Waals surface area (Å²) in [5, 5.41) is 13.2. The molecule has 0 saturated carbocycles. The number of aliphatic hydroxyl groups excluding tert-OH is 1. The first-order valence-corrected chi connectivity index (χ1v) is 6.71. The van der Waals surface area contributed by atoms with Gasteiger partial charge in [0, 0.05) is 37.5 Å². The van der Waals surface area contributed by atoms with Crippen LogP contribution in [0.5, 0.6) is 0 Å². The average Bonchev–Trinajstić information content (AvgIpc) is 3.04. The summed E-state index contributed by atoms with van der Waals surface area (Å²) in [6, 6.07) is 1.01. The van der Waals surface area contributed by atoms with E-state index in [0.29, 0.717) is 24.4 Å². The lowest BCUT2D eigenvalue weighted by molar-refractivity contribution is -0.141. The summed E-state index contributed by atoms with van der Waals surface area (Å²) in [5.41, 5.74) is -0.598. The maximum atomic E-state index is 12.8. The predicted molar refractivity (Wildman–Crippen MR) is 70.0 cm³/mol. The van der Waals surface area contributed by atoms with E-state index in [1.54, 1.807) is 6.92 Å². The number of aromatic nitrogens is 3. The number of anilines is 1. The number of halogens is 3. The number of hydrogen-bond donors (Lipinski definition) is 1. The van der Waals surface area contributed by atoms with Crippen molar-refractivity contribution in [3.63, 3.8) is 0 Å². The van der Waals surface area contributed by atoms with E-state index in [0.717, 1.165) is 12.5 Å². The minimum absolute atomic E-state index is 0.108. The molecule has 3 heterocycles. The van der Waals surface area contributed by atoms with Crippen LogP contribution in [0.15, 0.2) is 18.5 Å². The van der Waals surface area contributed by atoms with Crippen molar-refractivity contribution >= 4 is 11.3 Å². The van der Waals surface area contributed by atoms with Gasteiger partial charge in [0.05, 0.1) is 6.10 Å². The Morgan fingerprint density at radius 2 is 2.19 bits per heavy atom. The van der Waals surface area contributed by atoms with Crippen LogP contribution in [0.4, 0.5) is 19.0 Å². The van der Waals surface area contributed by atoms with Crippen LogP contribution in [-0.2, 0) is 6.18 Å². The van der Waals surface area contributed by atoms with Crippen molar-refractivity contribution in [1.82, 2.24) is 14.6 Å². The fraction of sp³-hybridized carbons (Fsp3) is 0.538. The Morgan fingerprint density at radius 3 is 2.81 bits per heavy atom. The first-order valence-electron chi connectivity index (χ1n) is 6.71. The van der Waals surface area contributed by atoms with Gasteiger partial charge in [-0.2, -0.15) is 18.3 Å². The number of nitrogens with zero attached hydrogens (tertiary/aromatic N) is 4. The molecule has 0 aliphatic carbocycles. The number of fused-ring (bicyclic) bond motifs is 1. The molecule has 1 aliphatic rings. The van der Waals surface area contributed by atoms with Gasteiger partial charge in [0.15, 0.2) is 11.5 Å². The minimum atomic E-state index is -4.48. The second-order valence-electron chi connectivity index (χ2n) is 5.34. The van der Waals surface area contributed by atoms with Crippen molar-refractivity contribution in [2.75, 3.05) is 18.0 Å². The van der Waals surface area contributed by atoms with Crippen molar-refractivity contribution in [3.8, 4) is 0 Å². The van der Waals surface area contributed by atoms with Crippen molar-refractivity contribution in [3.05, 3.63) is 24.2 Å². The van der Waals surface area contributed by atoms with E-state index in [9.17, 15) is 18.3 Å². The van der Waals surface area contributed by atoms with Gasteiger partial charge in [-0.05, 0) is 13.3 Å². The SMILES string of the molecule is CC(O)C1CCN(c2nccn3nc(C(F)(F)F)cc23)C1. The van der Waals surface area contributed by atoms with Gasteiger partial charge in [-0.1, -0.05) is 0 Å². The monoisotopic (exact) mass is 300 g/mol. The van der Waals surface area contributed by atoms with Gasteiger partial charge in [0.25, 0.3) is 0 Å². The molecule has 0 radical (unpaired) electrons. The van der Waals surface area contributed by atoms with Gasteiger partial charge in [-0.15, -0.1) is 0 Å². The Balaban J connectivity index is 1.98. The summed E-state index contributed by atoms with van der Waals surface area (Å²) >= 11 is 0. The second kappa shape index (κ2) is 4.87. The minimum Gasteiger partial charge on any atom is -0.393 e. The molecule has 0 amide bonds. The van der Waals surface area contributed by atoms with E-state index in [1.807, 2.05) is 4.90 Å². The zero-order chi connectivity index (χ0) is 15.2. The molecule has 21 heavy (non-hydrogen) atoms. The first-order chi connectivity index (χ1) is 9.86. The molecule has 0 spiro atoms. The lowest BCUT2D eigenvalue weighted by Crippen LogP contribution is -2.25. The van der Waals surface area contributed by atoms with Crippen LogP contribution in [0.1, 0.15) is 19.0 Å². The fourth-order valence-electron chi connectivity index (χ4n) is 2.66. The van der Waals surface area contributed by atoms with E-state index in [2.05, 4.69) is 10.1 Å². The van der Waals surface area contributed by atoms with Gasteiger partial charge in [0.1, 0.15) is 5.52 Å². The third kappa shape index (κ3) is 2.55. The van der Waals surface area contributed by atoms with Gasteiger partial charge in [-0.3, -0.25) is 0 Å². The molecular formula is C13H15F3N4O. The summed E-state index contributed by atoms with van der Waals surface area (Å²) in [7, 11) is 0. The maximum Gasteiger partial charge on any atom is 0.435 e. The highest BCUT2D eigenvalue weighted by molar-refractivity contribution is 5.69. The quantitative estimate of drug-likeness (QED) is 0.921. The number of alkyl halides is 3. The molecule has 1 N–H and O–H groups in total. The van der Waals surface area contributed by atoms with Crippen LogP contribution in [-0.4, -0.2) is 38.9 Å². The van der Waals surface area contributed by atoms with Gasteiger partial charge < -0.3 is 10.0 Å². The van der Waals surface area contributed by atoms with E-state index in [4.69, 9.17) is 0 Å². The smallest absolute Gasteiger partial charge is 0.393 e. The molecule has 2 atom stereocenters. The van der Waals surface area contributed by atoms with Gasteiger partial charge in [0.2, 0.25) is 0 Å². The van der Waals surface area contributed by atoms with E-state index >= 15 is 0 Å². The lowest BCUT2D eigenvalue weighted by atomic mass is 10.0. The van der Waals surface area contributed by atoms with E-state index in [1.165, 1.54) is 16.9 Å². The largest absolute Gasteiger partial charge is 0.435 e. The van der Waals surface area contributed by atoms with Crippen molar-refractivity contribution in [2.24, 2.45) is 5.92 Å². The Kier molecular flexibility index (Phi) is 3.27. The van der Waals surface area contributed by atoms with Crippen LogP contribution in [0.3, 0.4) is 0 Å². The fourth-order valence-corrected chi connectivity index (χ4v) is 2.66. The summed E-state index contributed by atoms with van der Waals surface area (Å²) < 4.78 is 39.5. The number of rotatable bonds is 2. The van der Waals surface area contributed by atoms with Gasteiger partial charge in [-0.25, -0.2) is 9.50 Å². The van der Waals surface area contributed by atoms with Crippen molar-refractivity contribution in [2.45, 2.75) is 25.6 Å². The number of aliphatic hydroxyl groups is 1. The molecule has 0 aromatic carbocycles.